The van der Waals surface area contributed by atoms with E-state index in [1.54, 1.807) is 7.05 Å². The van der Waals surface area contributed by atoms with Gasteiger partial charge in [-0.05, 0) is 42.8 Å². The molecular weight excluding hydrogens is 332 g/mol. The molecule has 2 rings (SSSR count). The standard InChI is InChI=1S/C19H26N4OS/c1-14-7-8-16(15(2)12-14)13-23-19(20-3)22-10-5-9-21-18(24)17-6-4-11-25-17/h4,6-8,11-12H,5,9-10,13H2,1-3H3,(H,21,24)(H2,20,22,23). The number of aryl methyl sites for hydroxylation is 2. The van der Waals surface area contributed by atoms with Crippen molar-refractivity contribution in [3.05, 3.63) is 57.3 Å². The smallest absolute Gasteiger partial charge is 0.261 e. The van der Waals surface area contributed by atoms with Crippen molar-refractivity contribution in [3.63, 3.8) is 0 Å². The fourth-order valence-electron chi connectivity index (χ4n) is 2.44. The number of carbonyl (C=O) groups is 1. The molecule has 0 radical (unpaired) electrons. The Bertz CT molecular complexity index is 710. The van der Waals surface area contributed by atoms with E-state index in [-0.39, 0.29) is 5.91 Å². The molecule has 25 heavy (non-hydrogen) atoms. The van der Waals surface area contributed by atoms with Gasteiger partial charge in [0.05, 0.1) is 4.88 Å². The van der Waals surface area contributed by atoms with E-state index in [2.05, 4.69) is 53.0 Å². The van der Waals surface area contributed by atoms with Gasteiger partial charge in [0.15, 0.2) is 5.96 Å². The third-order valence-corrected chi connectivity index (χ3v) is 4.71. The van der Waals surface area contributed by atoms with Gasteiger partial charge in [0.2, 0.25) is 0 Å². The second-order valence-electron chi connectivity index (χ2n) is 5.87. The van der Waals surface area contributed by atoms with Crippen LogP contribution in [-0.4, -0.2) is 32.0 Å². The van der Waals surface area contributed by atoms with Gasteiger partial charge in [-0.1, -0.05) is 29.8 Å². The van der Waals surface area contributed by atoms with Gasteiger partial charge in [0, 0.05) is 26.7 Å². The highest BCUT2D eigenvalue weighted by molar-refractivity contribution is 7.12. The highest BCUT2D eigenvalue weighted by atomic mass is 32.1. The summed E-state index contributed by atoms with van der Waals surface area (Å²) in [5.41, 5.74) is 3.81. The van der Waals surface area contributed by atoms with Crippen LogP contribution in [0.15, 0.2) is 40.7 Å². The maximum Gasteiger partial charge on any atom is 0.261 e. The summed E-state index contributed by atoms with van der Waals surface area (Å²) in [6.07, 6.45) is 0.835. The van der Waals surface area contributed by atoms with Crippen molar-refractivity contribution >= 4 is 23.2 Å². The second kappa shape index (κ2) is 9.84. The quantitative estimate of drug-likeness (QED) is 0.405. The first-order valence-electron chi connectivity index (χ1n) is 8.42. The molecule has 1 aromatic heterocycles. The maximum atomic E-state index is 11.8. The molecule has 5 nitrogen and oxygen atoms in total. The summed E-state index contributed by atoms with van der Waals surface area (Å²) in [6, 6.07) is 10.2. The Balaban J connectivity index is 1.66. The average molecular weight is 359 g/mol. The topological polar surface area (TPSA) is 65.5 Å². The SMILES string of the molecule is CN=C(NCCCNC(=O)c1cccs1)NCc1ccc(C)cc1C. The number of rotatable bonds is 7. The van der Waals surface area contributed by atoms with E-state index in [1.165, 1.54) is 28.0 Å². The zero-order chi connectivity index (χ0) is 18.1. The fraction of sp³-hybridized carbons (Fsp3) is 0.368. The minimum atomic E-state index is -0.00708. The molecule has 1 aromatic carbocycles. The molecule has 1 heterocycles. The molecule has 0 atom stereocenters. The highest BCUT2D eigenvalue weighted by Gasteiger charge is 2.05. The number of hydrogen-bond donors (Lipinski definition) is 3. The van der Waals surface area contributed by atoms with Gasteiger partial charge in [0.1, 0.15) is 0 Å². The molecule has 3 N–H and O–H groups in total. The molecule has 0 aliphatic carbocycles. The lowest BCUT2D eigenvalue weighted by atomic mass is 10.1. The van der Waals surface area contributed by atoms with Crippen LogP contribution in [0, 0.1) is 13.8 Å². The van der Waals surface area contributed by atoms with Crippen LogP contribution in [-0.2, 0) is 6.54 Å². The predicted octanol–water partition coefficient (Wildman–Crippen LogP) is 2.85. The molecule has 0 fully saturated rings. The van der Waals surface area contributed by atoms with Crippen molar-refractivity contribution in [3.8, 4) is 0 Å². The highest BCUT2D eigenvalue weighted by Crippen LogP contribution is 2.10. The molecule has 0 saturated carbocycles. The van der Waals surface area contributed by atoms with Crippen molar-refractivity contribution in [2.24, 2.45) is 4.99 Å². The zero-order valence-corrected chi connectivity index (χ0v) is 15.9. The molecule has 0 aliphatic rings. The number of nitrogens with zero attached hydrogens (tertiary/aromatic N) is 1. The molecule has 2 aromatic rings. The molecule has 0 bridgehead atoms. The van der Waals surface area contributed by atoms with Crippen LogP contribution < -0.4 is 16.0 Å². The Hall–Kier alpha value is -2.34. The van der Waals surface area contributed by atoms with Crippen molar-refractivity contribution in [1.29, 1.82) is 0 Å². The summed E-state index contributed by atoms with van der Waals surface area (Å²) in [5.74, 6) is 0.761. The van der Waals surface area contributed by atoms with Gasteiger partial charge in [-0.25, -0.2) is 0 Å². The molecule has 0 unspecified atom stereocenters. The van der Waals surface area contributed by atoms with Gasteiger partial charge < -0.3 is 16.0 Å². The van der Waals surface area contributed by atoms with Crippen LogP contribution in [0.5, 0.6) is 0 Å². The normalized spacial score (nSPS) is 11.2. The van der Waals surface area contributed by atoms with Crippen LogP contribution >= 0.6 is 11.3 Å². The third kappa shape index (κ3) is 6.23. The molecule has 6 heteroatoms. The number of benzene rings is 1. The molecule has 0 saturated heterocycles. The van der Waals surface area contributed by atoms with E-state index in [1.807, 2.05) is 17.5 Å². The van der Waals surface area contributed by atoms with E-state index in [4.69, 9.17) is 0 Å². The first-order valence-corrected chi connectivity index (χ1v) is 9.30. The van der Waals surface area contributed by atoms with Crippen LogP contribution in [0.1, 0.15) is 32.8 Å². The second-order valence-corrected chi connectivity index (χ2v) is 6.82. The van der Waals surface area contributed by atoms with Crippen molar-refractivity contribution in [2.75, 3.05) is 20.1 Å². The summed E-state index contributed by atoms with van der Waals surface area (Å²) in [7, 11) is 1.76. The van der Waals surface area contributed by atoms with E-state index < -0.39 is 0 Å². The van der Waals surface area contributed by atoms with Crippen LogP contribution in [0.2, 0.25) is 0 Å². The number of aliphatic imine (C=N–C) groups is 1. The van der Waals surface area contributed by atoms with E-state index in [9.17, 15) is 4.79 Å². The summed E-state index contributed by atoms with van der Waals surface area (Å²) in [4.78, 5) is 16.8. The fourth-order valence-corrected chi connectivity index (χ4v) is 3.08. The van der Waals surface area contributed by atoms with Gasteiger partial charge in [-0.3, -0.25) is 9.79 Å². The lowest BCUT2D eigenvalue weighted by Gasteiger charge is -2.13. The van der Waals surface area contributed by atoms with E-state index in [0.717, 1.165) is 30.3 Å². The first-order chi connectivity index (χ1) is 12.1. The summed E-state index contributed by atoms with van der Waals surface area (Å²) >= 11 is 1.45. The molecule has 0 aliphatic heterocycles. The molecule has 0 spiro atoms. The Morgan fingerprint density at radius 3 is 2.60 bits per heavy atom. The van der Waals surface area contributed by atoms with E-state index >= 15 is 0 Å². The number of hydrogen-bond acceptors (Lipinski definition) is 3. The van der Waals surface area contributed by atoms with Crippen LogP contribution in [0.3, 0.4) is 0 Å². The number of amides is 1. The Morgan fingerprint density at radius 2 is 1.92 bits per heavy atom. The van der Waals surface area contributed by atoms with Crippen molar-refractivity contribution in [1.82, 2.24) is 16.0 Å². The van der Waals surface area contributed by atoms with E-state index in [0.29, 0.717) is 6.54 Å². The monoisotopic (exact) mass is 358 g/mol. The third-order valence-electron chi connectivity index (χ3n) is 3.84. The number of thiophene rings is 1. The number of nitrogens with one attached hydrogen (secondary N) is 3. The molecular formula is C19H26N4OS. The lowest BCUT2D eigenvalue weighted by molar-refractivity contribution is 0.0957. The van der Waals surface area contributed by atoms with Gasteiger partial charge in [-0.2, -0.15) is 0 Å². The minimum absolute atomic E-state index is 0.00708. The minimum Gasteiger partial charge on any atom is -0.356 e. The summed E-state index contributed by atoms with van der Waals surface area (Å²) in [5, 5.41) is 11.4. The lowest BCUT2D eigenvalue weighted by Crippen LogP contribution is -2.38. The Morgan fingerprint density at radius 1 is 1.12 bits per heavy atom. The zero-order valence-electron chi connectivity index (χ0n) is 15.1. The number of carbonyl (C=O) groups excluding carboxylic acids is 1. The van der Waals surface area contributed by atoms with Crippen LogP contribution in [0.25, 0.3) is 0 Å². The average Bonchev–Trinajstić information content (AvgIpc) is 3.13. The van der Waals surface area contributed by atoms with Gasteiger partial charge >= 0.3 is 0 Å². The summed E-state index contributed by atoms with van der Waals surface area (Å²) < 4.78 is 0. The van der Waals surface area contributed by atoms with Crippen molar-refractivity contribution < 1.29 is 4.79 Å². The largest absolute Gasteiger partial charge is 0.356 e. The van der Waals surface area contributed by atoms with Crippen molar-refractivity contribution in [2.45, 2.75) is 26.8 Å². The summed E-state index contributed by atoms with van der Waals surface area (Å²) in [6.45, 7) is 6.34. The first kappa shape index (κ1) is 19.0. The predicted molar refractivity (Wildman–Crippen MR) is 105 cm³/mol. The molecule has 1 amide bonds. The molecule has 134 valence electrons. The van der Waals surface area contributed by atoms with Gasteiger partial charge in [0.25, 0.3) is 5.91 Å². The van der Waals surface area contributed by atoms with Crippen LogP contribution in [0.4, 0.5) is 0 Å². The maximum absolute atomic E-state index is 11.8. The Labute approximate surface area is 153 Å². The number of guanidine groups is 1. The Kier molecular flexibility index (Phi) is 7.47. The van der Waals surface area contributed by atoms with Gasteiger partial charge in [-0.15, -0.1) is 11.3 Å².